The van der Waals surface area contributed by atoms with Crippen molar-refractivity contribution in [2.24, 2.45) is 0 Å². The van der Waals surface area contributed by atoms with Gasteiger partial charge in [0, 0.05) is 38.2 Å². The van der Waals surface area contributed by atoms with Crippen molar-refractivity contribution in [3.8, 4) is 0 Å². The Morgan fingerprint density at radius 2 is 2.33 bits per heavy atom. The summed E-state index contributed by atoms with van der Waals surface area (Å²) >= 11 is 1.63. The highest BCUT2D eigenvalue weighted by Gasteiger charge is 2.27. The first-order valence-corrected chi connectivity index (χ1v) is 8.43. The van der Waals surface area contributed by atoms with E-state index in [1.54, 1.807) is 23.3 Å². The highest BCUT2D eigenvalue weighted by atomic mass is 32.1. The molecule has 1 aromatic rings. The first-order chi connectivity index (χ1) is 10.1. The smallest absolute Gasteiger partial charge is 0.317 e. The zero-order valence-electron chi connectivity index (χ0n) is 13.0. The Morgan fingerprint density at radius 3 is 3.00 bits per heavy atom. The van der Waals surface area contributed by atoms with Gasteiger partial charge in [0.2, 0.25) is 0 Å². The molecule has 118 valence electrons. The Labute approximate surface area is 130 Å². The number of urea groups is 1. The van der Waals surface area contributed by atoms with Gasteiger partial charge in [-0.25, -0.2) is 9.78 Å². The quantitative estimate of drug-likeness (QED) is 0.909. The summed E-state index contributed by atoms with van der Waals surface area (Å²) in [6, 6.07) is 0.112. The third-order valence-electron chi connectivity index (χ3n) is 4.08. The fourth-order valence-corrected chi connectivity index (χ4v) is 3.55. The van der Waals surface area contributed by atoms with Gasteiger partial charge in [-0.2, -0.15) is 0 Å². The summed E-state index contributed by atoms with van der Waals surface area (Å²) in [6.07, 6.45) is 6.32. The maximum absolute atomic E-state index is 12.3. The lowest BCUT2D eigenvalue weighted by Crippen LogP contribution is -2.50. The summed E-state index contributed by atoms with van der Waals surface area (Å²) in [5.41, 5.74) is 0. The molecule has 1 saturated carbocycles. The molecule has 1 heterocycles. The third kappa shape index (κ3) is 4.41. The van der Waals surface area contributed by atoms with Crippen LogP contribution in [0.5, 0.6) is 0 Å². The minimum atomic E-state index is -0.0210. The van der Waals surface area contributed by atoms with Crippen LogP contribution in [-0.4, -0.2) is 48.8 Å². The summed E-state index contributed by atoms with van der Waals surface area (Å²) in [6.45, 7) is 2.77. The predicted molar refractivity (Wildman–Crippen MR) is 84.7 cm³/mol. The van der Waals surface area contributed by atoms with Crippen LogP contribution < -0.4 is 5.32 Å². The number of thiazole rings is 1. The molecule has 1 aliphatic carbocycles. The summed E-state index contributed by atoms with van der Waals surface area (Å²) < 4.78 is 5.48. The largest absolute Gasteiger partial charge is 0.379 e. The van der Waals surface area contributed by atoms with Crippen LogP contribution in [0.4, 0.5) is 4.79 Å². The summed E-state index contributed by atoms with van der Waals surface area (Å²) in [7, 11) is 3.56. The van der Waals surface area contributed by atoms with Crippen molar-refractivity contribution >= 4 is 17.4 Å². The van der Waals surface area contributed by atoms with Crippen LogP contribution in [0.3, 0.4) is 0 Å². The second-order valence-corrected chi connectivity index (χ2v) is 6.69. The van der Waals surface area contributed by atoms with Gasteiger partial charge in [-0.3, -0.25) is 0 Å². The first kappa shape index (κ1) is 16.2. The van der Waals surface area contributed by atoms with Crippen molar-refractivity contribution in [1.82, 2.24) is 15.2 Å². The predicted octanol–water partition coefficient (Wildman–Crippen LogP) is 2.85. The second kappa shape index (κ2) is 7.75. The number of nitrogens with zero attached hydrogens (tertiary/aromatic N) is 2. The lowest BCUT2D eigenvalue weighted by molar-refractivity contribution is 0.0434. The van der Waals surface area contributed by atoms with E-state index in [2.05, 4.69) is 17.2 Å². The normalized spacial score (nSPS) is 23.6. The van der Waals surface area contributed by atoms with Gasteiger partial charge in [0.25, 0.3) is 0 Å². The fraction of sp³-hybridized carbons (Fsp3) is 0.733. The molecule has 0 aromatic carbocycles. The summed E-state index contributed by atoms with van der Waals surface area (Å²) in [4.78, 5) is 18.4. The van der Waals surface area contributed by atoms with Crippen LogP contribution in [0.2, 0.25) is 0 Å². The molecule has 2 rings (SSSR count). The second-order valence-electron chi connectivity index (χ2n) is 5.77. The molecule has 21 heavy (non-hydrogen) atoms. The van der Waals surface area contributed by atoms with Gasteiger partial charge in [0.05, 0.1) is 17.2 Å². The van der Waals surface area contributed by atoms with Gasteiger partial charge in [-0.1, -0.05) is 19.8 Å². The van der Waals surface area contributed by atoms with E-state index >= 15 is 0 Å². The maximum Gasteiger partial charge on any atom is 0.317 e. The summed E-state index contributed by atoms with van der Waals surface area (Å²) in [5.74, 6) is 0.255. The van der Waals surface area contributed by atoms with E-state index in [9.17, 15) is 4.79 Å². The number of nitrogens with one attached hydrogen (secondary N) is 1. The van der Waals surface area contributed by atoms with E-state index in [1.165, 1.54) is 6.42 Å². The zero-order chi connectivity index (χ0) is 15.2. The summed E-state index contributed by atoms with van der Waals surface area (Å²) in [5, 5.41) is 6.16. The number of carbonyl (C=O) groups excluding carboxylic acids is 1. The molecule has 0 saturated heterocycles. The Kier molecular flexibility index (Phi) is 5.99. The van der Waals surface area contributed by atoms with Gasteiger partial charge in [-0.15, -0.1) is 11.3 Å². The van der Waals surface area contributed by atoms with Crippen molar-refractivity contribution in [3.05, 3.63) is 16.6 Å². The maximum atomic E-state index is 12.3. The molecule has 2 amide bonds. The number of methoxy groups -OCH3 is 1. The molecule has 0 aliphatic heterocycles. The van der Waals surface area contributed by atoms with E-state index in [4.69, 9.17) is 4.74 Å². The molecule has 0 unspecified atom stereocenters. The number of hydrogen-bond acceptors (Lipinski definition) is 4. The highest BCUT2D eigenvalue weighted by molar-refractivity contribution is 7.09. The Morgan fingerprint density at radius 1 is 1.57 bits per heavy atom. The van der Waals surface area contributed by atoms with Gasteiger partial charge in [0.15, 0.2) is 0 Å². The van der Waals surface area contributed by atoms with Gasteiger partial charge >= 0.3 is 6.03 Å². The van der Waals surface area contributed by atoms with Crippen LogP contribution in [0.15, 0.2) is 11.6 Å². The van der Waals surface area contributed by atoms with Crippen LogP contribution in [0, 0.1) is 0 Å². The van der Waals surface area contributed by atoms with Crippen molar-refractivity contribution in [2.75, 3.05) is 20.7 Å². The zero-order valence-corrected chi connectivity index (χ0v) is 13.9. The topological polar surface area (TPSA) is 54.5 Å². The SMILES string of the molecule is CO[C@@H]1CCCC[C@@H]1NC(=O)N(C)C[C@H](C)c1nccs1. The average molecular weight is 311 g/mol. The molecular formula is C15H25N3O2S. The van der Waals surface area contributed by atoms with Crippen LogP contribution in [0.1, 0.15) is 43.5 Å². The van der Waals surface area contributed by atoms with E-state index < -0.39 is 0 Å². The Hall–Kier alpha value is -1.14. The van der Waals surface area contributed by atoms with Crippen molar-refractivity contribution in [1.29, 1.82) is 0 Å². The van der Waals surface area contributed by atoms with Gasteiger partial charge < -0.3 is 15.0 Å². The Balaban J connectivity index is 1.84. The number of ether oxygens (including phenoxy) is 1. The lowest BCUT2D eigenvalue weighted by atomic mass is 9.92. The van der Waals surface area contributed by atoms with Gasteiger partial charge in [0.1, 0.15) is 0 Å². The number of amides is 2. The molecule has 1 aliphatic rings. The van der Waals surface area contributed by atoms with E-state index in [-0.39, 0.29) is 24.1 Å². The van der Waals surface area contributed by atoms with Crippen molar-refractivity contribution in [3.63, 3.8) is 0 Å². The van der Waals surface area contributed by atoms with E-state index in [0.717, 1.165) is 24.3 Å². The number of hydrogen-bond donors (Lipinski definition) is 1. The molecule has 0 spiro atoms. The number of carbonyl (C=O) groups is 1. The standard InChI is InChI=1S/C15H25N3O2S/c1-11(14-16-8-9-21-14)10-18(2)15(19)17-12-6-4-5-7-13(12)20-3/h8-9,11-13H,4-7,10H2,1-3H3,(H,17,19)/t11-,12-,13+/m0/s1. The minimum Gasteiger partial charge on any atom is -0.379 e. The monoisotopic (exact) mass is 311 g/mol. The van der Waals surface area contributed by atoms with Crippen molar-refractivity contribution < 1.29 is 9.53 Å². The van der Waals surface area contributed by atoms with Crippen LogP contribution in [0.25, 0.3) is 0 Å². The molecule has 1 fully saturated rings. The molecule has 6 heteroatoms. The Bertz CT molecular complexity index is 438. The molecule has 5 nitrogen and oxygen atoms in total. The average Bonchev–Trinajstić information content (AvgIpc) is 3.02. The number of aromatic nitrogens is 1. The first-order valence-electron chi connectivity index (χ1n) is 7.55. The molecule has 0 radical (unpaired) electrons. The van der Waals surface area contributed by atoms with E-state index in [0.29, 0.717) is 6.54 Å². The van der Waals surface area contributed by atoms with Crippen LogP contribution in [-0.2, 0) is 4.74 Å². The third-order valence-corrected chi connectivity index (χ3v) is 5.09. The van der Waals surface area contributed by atoms with E-state index in [1.807, 2.05) is 18.6 Å². The molecule has 1 N–H and O–H groups in total. The molecule has 1 aromatic heterocycles. The number of likely N-dealkylation sites (N-methyl/N-ethyl adjacent to an activating group) is 1. The van der Waals surface area contributed by atoms with Crippen LogP contribution >= 0.6 is 11.3 Å². The lowest BCUT2D eigenvalue weighted by Gasteiger charge is -2.32. The molecular weight excluding hydrogens is 286 g/mol. The number of rotatable bonds is 5. The highest BCUT2D eigenvalue weighted by Crippen LogP contribution is 2.21. The molecule has 0 bridgehead atoms. The minimum absolute atomic E-state index is 0.0210. The molecule has 3 atom stereocenters. The fourth-order valence-electron chi connectivity index (χ4n) is 2.86. The van der Waals surface area contributed by atoms with Crippen molar-refractivity contribution in [2.45, 2.75) is 50.7 Å². The van der Waals surface area contributed by atoms with Gasteiger partial charge in [-0.05, 0) is 12.8 Å².